The van der Waals surface area contributed by atoms with Crippen molar-refractivity contribution in [2.75, 3.05) is 31.1 Å². The first-order chi connectivity index (χ1) is 11.0. The monoisotopic (exact) mass is 318 g/mol. The van der Waals surface area contributed by atoms with Gasteiger partial charge in [0.15, 0.2) is 0 Å². The quantitative estimate of drug-likeness (QED) is 0.633. The fourth-order valence-corrected chi connectivity index (χ4v) is 3.89. The van der Waals surface area contributed by atoms with Crippen molar-refractivity contribution in [2.24, 2.45) is 5.92 Å². The van der Waals surface area contributed by atoms with E-state index in [1.165, 1.54) is 31.9 Å². The van der Waals surface area contributed by atoms with Gasteiger partial charge in [-0.05, 0) is 44.1 Å². The number of hydrogen-bond donors (Lipinski definition) is 0. The van der Waals surface area contributed by atoms with Gasteiger partial charge in [0.25, 0.3) is 5.69 Å². The van der Waals surface area contributed by atoms with Gasteiger partial charge >= 0.3 is 0 Å². The lowest BCUT2D eigenvalue weighted by Gasteiger charge is -2.42. The summed E-state index contributed by atoms with van der Waals surface area (Å²) in [6.45, 7) is 8.31. The van der Waals surface area contributed by atoms with Crippen LogP contribution in [0.25, 0.3) is 0 Å². The zero-order chi connectivity index (χ0) is 16.4. The Morgan fingerprint density at radius 2 is 1.83 bits per heavy atom. The van der Waals surface area contributed by atoms with E-state index >= 15 is 0 Å². The third-order valence-corrected chi connectivity index (χ3v) is 5.36. The predicted octanol–water partition coefficient (Wildman–Crippen LogP) is 3.00. The van der Waals surface area contributed by atoms with Crippen molar-refractivity contribution in [1.29, 1.82) is 0 Å². The maximum Gasteiger partial charge on any atom is 0.287 e. The van der Waals surface area contributed by atoms with E-state index in [9.17, 15) is 10.1 Å². The van der Waals surface area contributed by atoms with E-state index in [0.29, 0.717) is 0 Å². The van der Waals surface area contributed by atoms with Crippen molar-refractivity contribution in [3.63, 3.8) is 0 Å². The number of aryl methyl sites for hydroxylation is 1. The number of anilines is 1. The van der Waals surface area contributed by atoms with Crippen LogP contribution in [-0.4, -0.2) is 47.0 Å². The molecule has 6 heteroatoms. The summed E-state index contributed by atoms with van der Waals surface area (Å²) in [5.74, 6) is 1.78. The highest BCUT2D eigenvalue weighted by molar-refractivity contribution is 5.50. The van der Waals surface area contributed by atoms with E-state index in [0.717, 1.165) is 49.5 Å². The number of pyridine rings is 1. The maximum absolute atomic E-state index is 10.8. The molecule has 2 heterocycles. The molecule has 0 amide bonds. The maximum atomic E-state index is 10.8. The average molecular weight is 318 g/mol. The number of aromatic nitrogens is 1. The standard InChI is InChI=1S/C17H26N4O2/c1-13-3-5-15(6-4-13)19-7-9-20(10-8-19)17-14(2)11-16(12-18-17)21(22)23/h11-13,15H,3-10H2,1-2H3. The van der Waals surface area contributed by atoms with Crippen LogP contribution in [0.5, 0.6) is 0 Å². The van der Waals surface area contributed by atoms with Crippen LogP contribution in [0.15, 0.2) is 12.3 Å². The highest BCUT2D eigenvalue weighted by Gasteiger charge is 2.28. The smallest absolute Gasteiger partial charge is 0.287 e. The summed E-state index contributed by atoms with van der Waals surface area (Å²) in [5.41, 5.74) is 0.959. The van der Waals surface area contributed by atoms with Crippen molar-refractivity contribution < 1.29 is 4.92 Å². The first-order valence-corrected chi connectivity index (χ1v) is 8.64. The Kier molecular flexibility index (Phi) is 4.80. The van der Waals surface area contributed by atoms with Gasteiger partial charge in [-0.25, -0.2) is 4.98 Å². The van der Waals surface area contributed by atoms with Gasteiger partial charge in [0.2, 0.25) is 0 Å². The Balaban J connectivity index is 1.59. The molecule has 1 aliphatic heterocycles. The third-order valence-electron chi connectivity index (χ3n) is 5.36. The molecule has 1 aromatic rings. The Bertz CT molecular complexity index is 562. The highest BCUT2D eigenvalue weighted by Crippen LogP contribution is 2.29. The molecular weight excluding hydrogens is 292 g/mol. The third kappa shape index (κ3) is 3.63. The summed E-state index contributed by atoms with van der Waals surface area (Å²) in [4.78, 5) is 19.7. The van der Waals surface area contributed by atoms with E-state index < -0.39 is 0 Å². The van der Waals surface area contributed by atoms with Gasteiger partial charge in [-0.3, -0.25) is 15.0 Å². The van der Waals surface area contributed by atoms with Crippen LogP contribution < -0.4 is 4.90 Å². The van der Waals surface area contributed by atoms with Crippen molar-refractivity contribution in [2.45, 2.75) is 45.6 Å². The fourth-order valence-electron chi connectivity index (χ4n) is 3.89. The molecule has 6 nitrogen and oxygen atoms in total. The molecule has 0 spiro atoms. The van der Waals surface area contributed by atoms with Gasteiger partial charge in [-0.15, -0.1) is 0 Å². The SMILES string of the molecule is Cc1cc([N+](=O)[O-])cnc1N1CCN(C2CCC(C)CC2)CC1. The van der Waals surface area contributed by atoms with Gasteiger partial charge in [-0.2, -0.15) is 0 Å². The second-order valence-corrected chi connectivity index (χ2v) is 7.03. The lowest BCUT2D eigenvalue weighted by Crippen LogP contribution is -2.51. The lowest BCUT2D eigenvalue weighted by atomic mass is 9.86. The van der Waals surface area contributed by atoms with Gasteiger partial charge in [0, 0.05) is 38.3 Å². The Hall–Kier alpha value is -1.69. The zero-order valence-electron chi connectivity index (χ0n) is 14.1. The molecule has 2 aliphatic rings. The molecule has 1 aromatic heterocycles. The van der Waals surface area contributed by atoms with Crippen LogP contribution >= 0.6 is 0 Å². The zero-order valence-corrected chi connectivity index (χ0v) is 14.1. The molecule has 3 rings (SSSR count). The molecule has 1 saturated heterocycles. The molecule has 0 N–H and O–H groups in total. The molecule has 1 saturated carbocycles. The topological polar surface area (TPSA) is 62.5 Å². The van der Waals surface area contributed by atoms with Crippen LogP contribution in [0.1, 0.15) is 38.2 Å². The van der Waals surface area contributed by atoms with E-state index in [1.807, 2.05) is 6.92 Å². The Labute approximate surface area is 137 Å². The van der Waals surface area contributed by atoms with E-state index in [2.05, 4.69) is 21.7 Å². The van der Waals surface area contributed by atoms with E-state index in [-0.39, 0.29) is 10.6 Å². The average Bonchev–Trinajstić information content (AvgIpc) is 2.56. The summed E-state index contributed by atoms with van der Waals surface area (Å²) < 4.78 is 0. The van der Waals surface area contributed by atoms with Gasteiger partial charge in [-0.1, -0.05) is 6.92 Å². The number of hydrogen-bond acceptors (Lipinski definition) is 5. The molecule has 0 unspecified atom stereocenters. The summed E-state index contributed by atoms with van der Waals surface area (Å²) in [6.07, 6.45) is 6.74. The van der Waals surface area contributed by atoms with Gasteiger partial charge in [0.1, 0.15) is 12.0 Å². The largest absolute Gasteiger partial charge is 0.354 e. The van der Waals surface area contributed by atoms with Crippen LogP contribution in [0, 0.1) is 23.0 Å². The number of nitrogens with zero attached hydrogens (tertiary/aromatic N) is 4. The molecule has 0 atom stereocenters. The summed E-state index contributed by atoms with van der Waals surface area (Å²) in [6, 6.07) is 2.37. The second-order valence-electron chi connectivity index (χ2n) is 7.03. The number of rotatable bonds is 3. The van der Waals surface area contributed by atoms with Crippen molar-refractivity contribution in [1.82, 2.24) is 9.88 Å². The van der Waals surface area contributed by atoms with E-state index in [1.54, 1.807) is 6.07 Å². The summed E-state index contributed by atoms with van der Waals surface area (Å²) in [5, 5.41) is 10.8. The minimum Gasteiger partial charge on any atom is -0.354 e. The first kappa shape index (κ1) is 16.2. The molecule has 0 bridgehead atoms. The number of piperazine rings is 1. The van der Waals surface area contributed by atoms with Crippen LogP contribution in [0.2, 0.25) is 0 Å². The van der Waals surface area contributed by atoms with Crippen molar-refractivity contribution in [3.05, 3.63) is 27.9 Å². The van der Waals surface area contributed by atoms with Crippen LogP contribution in [0.3, 0.4) is 0 Å². The Morgan fingerprint density at radius 1 is 1.17 bits per heavy atom. The summed E-state index contributed by atoms with van der Waals surface area (Å²) in [7, 11) is 0. The summed E-state index contributed by atoms with van der Waals surface area (Å²) >= 11 is 0. The van der Waals surface area contributed by atoms with Crippen LogP contribution in [-0.2, 0) is 0 Å². The molecule has 126 valence electrons. The molecule has 0 aromatic carbocycles. The van der Waals surface area contributed by atoms with Crippen molar-refractivity contribution in [3.8, 4) is 0 Å². The fraction of sp³-hybridized carbons (Fsp3) is 0.706. The van der Waals surface area contributed by atoms with Gasteiger partial charge in [0.05, 0.1) is 4.92 Å². The predicted molar refractivity (Wildman–Crippen MR) is 90.8 cm³/mol. The molecular formula is C17H26N4O2. The van der Waals surface area contributed by atoms with Crippen molar-refractivity contribution >= 4 is 11.5 Å². The van der Waals surface area contributed by atoms with Crippen LogP contribution in [0.4, 0.5) is 11.5 Å². The van der Waals surface area contributed by atoms with Gasteiger partial charge < -0.3 is 4.90 Å². The minimum atomic E-state index is -0.383. The normalized spacial score (nSPS) is 26.3. The minimum absolute atomic E-state index is 0.0706. The second kappa shape index (κ2) is 6.83. The molecule has 1 aliphatic carbocycles. The lowest BCUT2D eigenvalue weighted by molar-refractivity contribution is -0.385. The highest BCUT2D eigenvalue weighted by atomic mass is 16.6. The first-order valence-electron chi connectivity index (χ1n) is 8.64. The molecule has 0 radical (unpaired) electrons. The molecule has 23 heavy (non-hydrogen) atoms. The Morgan fingerprint density at radius 3 is 2.39 bits per heavy atom. The van der Waals surface area contributed by atoms with E-state index in [4.69, 9.17) is 0 Å². The number of nitro groups is 1. The molecule has 2 fully saturated rings.